The van der Waals surface area contributed by atoms with E-state index in [9.17, 15) is 14.0 Å². The van der Waals surface area contributed by atoms with Gasteiger partial charge >= 0.3 is 0 Å². The van der Waals surface area contributed by atoms with Crippen molar-refractivity contribution in [3.05, 3.63) is 71.5 Å². The Labute approximate surface area is 167 Å². The fourth-order valence-electron chi connectivity index (χ4n) is 4.57. The Morgan fingerprint density at radius 1 is 0.821 bits per heavy atom. The van der Waals surface area contributed by atoms with Crippen molar-refractivity contribution in [3.8, 4) is 0 Å². The second-order valence-corrected chi connectivity index (χ2v) is 7.90. The van der Waals surface area contributed by atoms with Gasteiger partial charge in [-0.05, 0) is 49.4 Å². The molecule has 0 heterocycles. The van der Waals surface area contributed by atoms with Crippen LogP contribution >= 0.6 is 0 Å². The molecule has 28 heavy (non-hydrogen) atoms. The van der Waals surface area contributed by atoms with Gasteiger partial charge < -0.3 is 0 Å². The van der Waals surface area contributed by atoms with E-state index in [1.54, 1.807) is 12.1 Å². The summed E-state index contributed by atoms with van der Waals surface area (Å²) in [7, 11) is 0. The van der Waals surface area contributed by atoms with Gasteiger partial charge in [-0.1, -0.05) is 62.9 Å². The van der Waals surface area contributed by atoms with Crippen molar-refractivity contribution in [2.24, 2.45) is 17.8 Å². The lowest BCUT2D eigenvalue weighted by molar-refractivity contribution is 0.0819. The fraction of sp³-hybridized carbons (Fsp3) is 0.440. The SMILES string of the molecule is CCCCCC[C@H]1[C@H](C(=O)c2ccccc2)CC[C@H]1C(=O)c1ccc(F)cc1. The maximum Gasteiger partial charge on any atom is 0.166 e. The summed E-state index contributed by atoms with van der Waals surface area (Å²) in [5, 5.41) is 0. The summed E-state index contributed by atoms with van der Waals surface area (Å²) in [6.45, 7) is 2.18. The van der Waals surface area contributed by atoms with Gasteiger partial charge in [0.2, 0.25) is 0 Å². The molecule has 3 heteroatoms. The number of hydrogen-bond acceptors (Lipinski definition) is 2. The number of hydrogen-bond donors (Lipinski definition) is 0. The summed E-state index contributed by atoms with van der Waals surface area (Å²) in [5.74, 6) is -0.291. The van der Waals surface area contributed by atoms with Crippen LogP contribution in [0.1, 0.15) is 72.6 Å². The van der Waals surface area contributed by atoms with Crippen molar-refractivity contribution >= 4 is 11.6 Å². The largest absolute Gasteiger partial charge is 0.294 e. The topological polar surface area (TPSA) is 34.1 Å². The molecule has 1 fully saturated rings. The standard InChI is InChI=1S/C25H29FO2/c1-2-3-4-8-11-21-22(24(27)18-9-6-5-7-10-18)16-17-23(21)25(28)19-12-14-20(26)15-13-19/h5-7,9-10,12-15,21-23H,2-4,8,11,16-17H2,1H3/t21-,22+,23+/m0/s1. The van der Waals surface area contributed by atoms with E-state index in [0.29, 0.717) is 5.56 Å². The number of carbonyl (C=O) groups is 2. The quantitative estimate of drug-likeness (QED) is 0.367. The van der Waals surface area contributed by atoms with E-state index in [1.165, 1.54) is 18.6 Å². The molecule has 0 bridgehead atoms. The first-order chi connectivity index (χ1) is 13.6. The van der Waals surface area contributed by atoms with Crippen LogP contribution in [0.4, 0.5) is 4.39 Å². The number of ketones is 2. The average molecular weight is 381 g/mol. The van der Waals surface area contributed by atoms with Gasteiger partial charge in [0.1, 0.15) is 5.82 Å². The first kappa shape index (κ1) is 20.4. The molecule has 0 N–H and O–H groups in total. The highest BCUT2D eigenvalue weighted by molar-refractivity contribution is 6.01. The minimum Gasteiger partial charge on any atom is -0.294 e. The zero-order valence-electron chi connectivity index (χ0n) is 16.6. The summed E-state index contributed by atoms with van der Waals surface area (Å²) in [6.07, 6.45) is 6.92. The van der Waals surface area contributed by atoms with Crippen LogP contribution in [0.2, 0.25) is 0 Å². The van der Waals surface area contributed by atoms with Crippen LogP contribution < -0.4 is 0 Å². The highest BCUT2D eigenvalue weighted by Crippen LogP contribution is 2.43. The number of halogens is 1. The zero-order valence-corrected chi connectivity index (χ0v) is 16.6. The predicted molar refractivity (Wildman–Crippen MR) is 110 cm³/mol. The minimum atomic E-state index is -0.337. The molecule has 1 aliphatic rings. The molecule has 0 radical (unpaired) electrons. The summed E-state index contributed by atoms with van der Waals surface area (Å²) >= 11 is 0. The van der Waals surface area contributed by atoms with E-state index in [1.807, 2.05) is 30.3 Å². The van der Waals surface area contributed by atoms with Crippen LogP contribution in [0.3, 0.4) is 0 Å². The second-order valence-electron chi connectivity index (χ2n) is 7.90. The molecule has 0 aromatic heterocycles. The highest BCUT2D eigenvalue weighted by atomic mass is 19.1. The van der Waals surface area contributed by atoms with Crippen LogP contribution in [0.15, 0.2) is 54.6 Å². The molecule has 1 aliphatic carbocycles. The van der Waals surface area contributed by atoms with E-state index in [-0.39, 0.29) is 35.1 Å². The molecule has 3 atom stereocenters. The normalized spacial score (nSPS) is 21.6. The maximum absolute atomic E-state index is 13.2. The Morgan fingerprint density at radius 2 is 1.39 bits per heavy atom. The number of carbonyl (C=O) groups excluding carboxylic acids is 2. The van der Waals surface area contributed by atoms with E-state index in [4.69, 9.17) is 0 Å². The first-order valence-electron chi connectivity index (χ1n) is 10.5. The molecule has 2 aromatic rings. The fourth-order valence-corrected chi connectivity index (χ4v) is 4.57. The van der Waals surface area contributed by atoms with Crippen molar-refractivity contribution in [1.82, 2.24) is 0 Å². The molecule has 0 amide bonds. The van der Waals surface area contributed by atoms with Gasteiger partial charge in [0.05, 0.1) is 0 Å². The summed E-state index contributed by atoms with van der Waals surface area (Å²) in [4.78, 5) is 26.3. The Bertz CT molecular complexity index is 782. The number of benzene rings is 2. The van der Waals surface area contributed by atoms with Crippen molar-refractivity contribution < 1.29 is 14.0 Å². The lowest BCUT2D eigenvalue weighted by atomic mass is 9.78. The molecule has 0 aliphatic heterocycles. The van der Waals surface area contributed by atoms with Gasteiger partial charge in [0.25, 0.3) is 0 Å². The van der Waals surface area contributed by atoms with Crippen LogP contribution in [0, 0.1) is 23.6 Å². The number of rotatable bonds is 9. The highest BCUT2D eigenvalue weighted by Gasteiger charge is 2.43. The second kappa shape index (κ2) is 9.77. The first-order valence-corrected chi connectivity index (χ1v) is 10.5. The van der Waals surface area contributed by atoms with Crippen molar-refractivity contribution in [2.45, 2.75) is 51.9 Å². The monoisotopic (exact) mass is 380 g/mol. The van der Waals surface area contributed by atoms with Gasteiger partial charge in [-0.2, -0.15) is 0 Å². The molecule has 2 nitrogen and oxygen atoms in total. The summed E-state index contributed by atoms with van der Waals surface area (Å²) in [5.41, 5.74) is 1.29. The lowest BCUT2D eigenvalue weighted by Crippen LogP contribution is -2.27. The zero-order chi connectivity index (χ0) is 19.9. The molecule has 0 spiro atoms. The van der Waals surface area contributed by atoms with E-state index in [2.05, 4.69) is 6.92 Å². The number of Topliss-reactive ketones (excluding diaryl/α,β-unsaturated/α-hetero) is 2. The molecular formula is C25H29FO2. The predicted octanol–water partition coefficient (Wildman–Crippen LogP) is 6.50. The van der Waals surface area contributed by atoms with E-state index < -0.39 is 0 Å². The summed E-state index contributed by atoms with van der Waals surface area (Å²) < 4.78 is 13.2. The van der Waals surface area contributed by atoms with Crippen molar-refractivity contribution in [2.75, 3.05) is 0 Å². The Kier molecular flexibility index (Phi) is 7.13. The Morgan fingerprint density at radius 3 is 1.96 bits per heavy atom. The van der Waals surface area contributed by atoms with Gasteiger partial charge in [0, 0.05) is 23.0 Å². The molecule has 0 unspecified atom stereocenters. The van der Waals surface area contributed by atoms with Crippen LogP contribution in [0.5, 0.6) is 0 Å². The summed E-state index contributed by atoms with van der Waals surface area (Å²) in [6, 6.07) is 15.2. The molecule has 0 saturated heterocycles. The van der Waals surface area contributed by atoms with E-state index >= 15 is 0 Å². The van der Waals surface area contributed by atoms with Gasteiger partial charge in [-0.15, -0.1) is 0 Å². The van der Waals surface area contributed by atoms with Gasteiger partial charge in [0.15, 0.2) is 11.6 Å². The van der Waals surface area contributed by atoms with Crippen LogP contribution in [-0.2, 0) is 0 Å². The van der Waals surface area contributed by atoms with Gasteiger partial charge in [-0.3, -0.25) is 9.59 Å². The maximum atomic E-state index is 13.2. The smallest absolute Gasteiger partial charge is 0.166 e. The molecular weight excluding hydrogens is 351 g/mol. The third kappa shape index (κ3) is 4.76. The Hall–Kier alpha value is -2.29. The Balaban J connectivity index is 1.79. The minimum absolute atomic E-state index is 0.0591. The van der Waals surface area contributed by atoms with Crippen molar-refractivity contribution in [1.29, 1.82) is 0 Å². The molecule has 3 rings (SSSR count). The third-order valence-corrected chi connectivity index (χ3v) is 6.07. The van der Waals surface area contributed by atoms with Crippen LogP contribution in [0.25, 0.3) is 0 Å². The molecule has 1 saturated carbocycles. The lowest BCUT2D eigenvalue weighted by Gasteiger charge is -2.24. The average Bonchev–Trinajstić information content (AvgIpc) is 3.15. The third-order valence-electron chi connectivity index (χ3n) is 6.07. The molecule has 148 valence electrons. The van der Waals surface area contributed by atoms with Gasteiger partial charge in [-0.25, -0.2) is 4.39 Å². The molecule has 2 aromatic carbocycles. The van der Waals surface area contributed by atoms with Crippen LogP contribution in [-0.4, -0.2) is 11.6 Å². The van der Waals surface area contributed by atoms with Crippen molar-refractivity contribution in [3.63, 3.8) is 0 Å². The number of unbranched alkanes of at least 4 members (excludes halogenated alkanes) is 3. The van der Waals surface area contributed by atoms with E-state index in [0.717, 1.165) is 44.1 Å².